The molecular formula is C33H46FN3O4. The fraction of sp³-hybridized carbons (Fsp3) is 0.636. The van der Waals surface area contributed by atoms with Crippen LogP contribution in [0.2, 0.25) is 0 Å². The van der Waals surface area contributed by atoms with E-state index in [0.29, 0.717) is 30.7 Å². The smallest absolute Gasteiger partial charge is 0.325 e. The number of aromatic nitrogens is 1. The first-order valence-corrected chi connectivity index (χ1v) is 15.4. The number of anilines is 1. The largest absolute Gasteiger partial charge is 0.496 e. The number of halogens is 1. The maximum atomic E-state index is 14.5. The van der Waals surface area contributed by atoms with Crippen LogP contribution in [-0.4, -0.2) is 60.4 Å². The van der Waals surface area contributed by atoms with Crippen LogP contribution in [0.5, 0.6) is 5.75 Å². The predicted molar refractivity (Wildman–Crippen MR) is 158 cm³/mol. The summed E-state index contributed by atoms with van der Waals surface area (Å²) in [5.74, 6) is 0.850. The van der Waals surface area contributed by atoms with E-state index in [1.54, 1.807) is 7.11 Å². The highest BCUT2D eigenvalue weighted by atomic mass is 19.1. The van der Waals surface area contributed by atoms with E-state index in [1.165, 1.54) is 17.7 Å². The molecule has 41 heavy (non-hydrogen) atoms. The van der Waals surface area contributed by atoms with Gasteiger partial charge in [0.05, 0.1) is 13.2 Å². The Kier molecular flexibility index (Phi) is 9.49. The molecule has 1 aromatic carbocycles. The van der Waals surface area contributed by atoms with Crippen molar-refractivity contribution in [1.82, 2.24) is 9.88 Å². The fourth-order valence-electron chi connectivity index (χ4n) is 6.90. The zero-order valence-corrected chi connectivity index (χ0v) is 24.9. The maximum absolute atomic E-state index is 14.5. The van der Waals surface area contributed by atoms with Gasteiger partial charge in [-0.05, 0) is 98.8 Å². The van der Waals surface area contributed by atoms with E-state index in [0.717, 1.165) is 93.6 Å². The van der Waals surface area contributed by atoms with E-state index in [2.05, 4.69) is 25.2 Å². The first-order chi connectivity index (χ1) is 19.7. The lowest BCUT2D eigenvalue weighted by Crippen LogP contribution is -2.34. The van der Waals surface area contributed by atoms with Gasteiger partial charge in [0.2, 0.25) is 0 Å². The van der Waals surface area contributed by atoms with Crippen molar-refractivity contribution in [2.24, 2.45) is 5.41 Å². The molecule has 2 aromatic rings. The second kappa shape index (κ2) is 13.1. The molecule has 8 heteroatoms. The van der Waals surface area contributed by atoms with E-state index < -0.39 is 12.0 Å². The number of carboxylic acid groups (broad SMARTS) is 1. The first kappa shape index (κ1) is 29.8. The number of benzene rings is 1. The van der Waals surface area contributed by atoms with Gasteiger partial charge in [-0.2, -0.15) is 0 Å². The number of ether oxygens (including phenoxy) is 2. The van der Waals surface area contributed by atoms with Crippen molar-refractivity contribution < 1.29 is 23.8 Å². The van der Waals surface area contributed by atoms with E-state index in [9.17, 15) is 14.3 Å². The molecule has 1 aliphatic carbocycles. The molecule has 3 heterocycles. The van der Waals surface area contributed by atoms with Crippen LogP contribution in [0, 0.1) is 11.2 Å². The summed E-state index contributed by atoms with van der Waals surface area (Å²) in [6, 6.07) is 5.98. The molecule has 0 bridgehead atoms. The topological polar surface area (TPSA) is 83.9 Å². The third-order valence-corrected chi connectivity index (χ3v) is 9.33. The Morgan fingerprint density at radius 1 is 1.22 bits per heavy atom. The third-order valence-electron chi connectivity index (χ3n) is 9.33. The molecule has 1 saturated carbocycles. The Morgan fingerprint density at radius 3 is 2.78 bits per heavy atom. The van der Waals surface area contributed by atoms with Crippen molar-refractivity contribution >= 4 is 11.8 Å². The molecule has 2 N–H and O–H groups in total. The summed E-state index contributed by atoms with van der Waals surface area (Å²) in [7, 11) is 1.72. The highest BCUT2D eigenvalue weighted by Gasteiger charge is 2.37. The lowest BCUT2D eigenvalue weighted by molar-refractivity contribution is -0.143. The number of carboxylic acids is 1. The minimum absolute atomic E-state index is 0.0181. The molecule has 1 saturated heterocycles. The van der Waals surface area contributed by atoms with Crippen molar-refractivity contribution in [3.05, 3.63) is 52.5 Å². The van der Waals surface area contributed by atoms with Crippen LogP contribution in [0.15, 0.2) is 24.3 Å². The molecule has 0 radical (unpaired) electrons. The molecule has 3 aliphatic rings. The number of hydrogen-bond acceptors (Lipinski definition) is 6. The Morgan fingerprint density at radius 2 is 2.02 bits per heavy atom. The molecular weight excluding hydrogens is 521 g/mol. The van der Waals surface area contributed by atoms with E-state index in [4.69, 9.17) is 14.5 Å². The van der Waals surface area contributed by atoms with E-state index in [1.807, 2.05) is 11.0 Å². The number of rotatable bonds is 11. The predicted octanol–water partition coefficient (Wildman–Crippen LogP) is 6.51. The first-order valence-electron chi connectivity index (χ1n) is 15.4. The second-order valence-corrected chi connectivity index (χ2v) is 12.9. The van der Waals surface area contributed by atoms with Gasteiger partial charge in [-0.3, -0.25) is 9.69 Å². The Labute approximate surface area is 243 Å². The number of fused-ring (bicyclic) bond motifs is 1. The van der Waals surface area contributed by atoms with Crippen molar-refractivity contribution in [3.8, 4) is 5.75 Å². The number of aryl methyl sites for hydroxylation is 1. The highest BCUT2D eigenvalue weighted by Crippen LogP contribution is 2.45. The number of nitrogens with one attached hydrogen (secondary N) is 1. The average molecular weight is 568 g/mol. The lowest BCUT2D eigenvalue weighted by Gasteiger charge is -2.36. The molecule has 2 aliphatic heterocycles. The number of nitrogens with zero attached hydrogens (tertiary/aromatic N) is 2. The number of hydrogen-bond donors (Lipinski definition) is 2. The quantitative estimate of drug-likeness (QED) is 0.300. The summed E-state index contributed by atoms with van der Waals surface area (Å²) in [6.45, 7) is 7.32. The van der Waals surface area contributed by atoms with Gasteiger partial charge >= 0.3 is 5.97 Å². The van der Waals surface area contributed by atoms with Crippen molar-refractivity contribution in [2.45, 2.75) is 96.1 Å². The van der Waals surface area contributed by atoms with Gasteiger partial charge in [0.25, 0.3) is 0 Å². The number of carbonyl (C=O) groups is 1. The summed E-state index contributed by atoms with van der Waals surface area (Å²) in [4.78, 5) is 19.4. The van der Waals surface area contributed by atoms with Crippen LogP contribution in [0.1, 0.15) is 99.6 Å². The molecule has 1 aromatic heterocycles. The van der Waals surface area contributed by atoms with Gasteiger partial charge in [0.1, 0.15) is 23.4 Å². The van der Waals surface area contributed by atoms with E-state index >= 15 is 0 Å². The van der Waals surface area contributed by atoms with Crippen molar-refractivity contribution in [3.63, 3.8) is 0 Å². The van der Waals surface area contributed by atoms with Crippen molar-refractivity contribution in [2.75, 3.05) is 38.7 Å². The fourth-order valence-corrected chi connectivity index (χ4v) is 6.90. The summed E-state index contributed by atoms with van der Waals surface area (Å²) < 4.78 is 26.3. The van der Waals surface area contributed by atoms with Crippen LogP contribution in [0.3, 0.4) is 0 Å². The van der Waals surface area contributed by atoms with Crippen LogP contribution >= 0.6 is 0 Å². The van der Waals surface area contributed by atoms with Crippen LogP contribution in [0.25, 0.3) is 0 Å². The van der Waals surface area contributed by atoms with Gasteiger partial charge < -0.3 is 19.9 Å². The summed E-state index contributed by atoms with van der Waals surface area (Å²) in [5.41, 5.74) is 4.12. The Hall–Kier alpha value is -2.71. The van der Waals surface area contributed by atoms with Crippen LogP contribution in [0.4, 0.5) is 10.2 Å². The molecule has 1 unspecified atom stereocenters. The monoisotopic (exact) mass is 567 g/mol. The van der Waals surface area contributed by atoms with Gasteiger partial charge in [-0.1, -0.05) is 19.9 Å². The van der Waals surface area contributed by atoms with Gasteiger partial charge in [-0.25, -0.2) is 9.37 Å². The molecule has 224 valence electrons. The third kappa shape index (κ3) is 7.20. The molecule has 0 spiro atoms. The minimum Gasteiger partial charge on any atom is -0.496 e. The Bertz CT molecular complexity index is 1190. The average Bonchev–Trinajstić information content (AvgIpc) is 3.41. The summed E-state index contributed by atoms with van der Waals surface area (Å²) >= 11 is 0. The number of aliphatic carboxylic acids is 1. The maximum Gasteiger partial charge on any atom is 0.325 e. The molecule has 5 rings (SSSR count). The van der Waals surface area contributed by atoms with Gasteiger partial charge in [-0.15, -0.1) is 0 Å². The molecule has 2 fully saturated rings. The summed E-state index contributed by atoms with van der Waals surface area (Å²) in [6.07, 6.45) is 9.76. The van der Waals surface area contributed by atoms with Gasteiger partial charge in [0.15, 0.2) is 0 Å². The number of unbranched alkanes of at least 4 members (excludes halogenated alkanes) is 1. The lowest BCUT2D eigenvalue weighted by atomic mass is 9.70. The standard InChI is InChI=1S/C33H46FN3O4/c1-33(2)14-11-22(12-15-33)26-10-9-23(34)19-28(26)30(32(38)39)37-17-13-25(21-37)41-18-5-4-7-24-20-29(40-3)27-8-6-16-35-31(27)36-24/h9-10,19-20,22,25,30H,4-8,11-18,21H2,1-3H3,(H,35,36)(H,38,39)/t25-,30?/m1/s1. The number of methoxy groups -OCH3 is 1. The molecule has 2 atom stereocenters. The Balaban J connectivity index is 1.15. The number of pyridine rings is 1. The zero-order valence-electron chi connectivity index (χ0n) is 24.9. The minimum atomic E-state index is -0.920. The molecule has 0 amide bonds. The zero-order chi connectivity index (χ0) is 29.0. The van der Waals surface area contributed by atoms with E-state index in [-0.39, 0.29) is 17.8 Å². The highest BCUT2D eigenvalue weighted by molar-refractivity contribution is 5.76. The SMILES string of the molecule is COc1cc(CCCCO[C@@H]2CCN(C(C(=O)O)c3cc(F)ccc3C3CCC(C)(C)CC3)C2)nc2c1CCCN2. The second-order valence-electron chi connectivity index (χ2n) is 12.9. The normalized spacial score (nSPS) is 21.7. The number of likely N-dealkylation sites (tertiary alicyclic amines) is 1. The van der Waals surface area contributed by atoms with Gasteiger partial charge in [0, 0.05) is 43.6 Å². The molecule has 7 nitrogen and oxygen atoms in total. The van der Waals surface area contributed by atoms with Crippen LogP contribution in [-0.2, 0) is 22.4 Å². The van der Waals surface area contributed by atoms with Crippen LogP contribution < -0.4 is 10.1 Å². The summed E-state index contributed by atoms with van der Waals surface area (Å²) in [5, 5.41) is 13.7. The van der Waals surface area contributed by atoms with Crippen molar-refractivity contribution in [1.29, 1.82) is 0 Å².